The first-order valence-electron chi connectivity index (χ1n) is 6.16. The van der Waals surface area contributed by atoms with E-state index in [2.05, 4.69) is 41.5 Å². The van der Waals surface area contributed by atoms with E-state index in [9.17, 15) is 0 Å². The summed E-state index contributed by atoms with van der Waals surface area (Å²) in [5.41, 5.74) is 3.95. The summed E-state index contributed by atoms with van der Waals surface area (Å²) in [6, 6.07) is 8.49. The molecule has 92 valence electrons. The normalized spacial score (nSPS) is 11.2. The van der Waals surface area contributed by atoms with Crippen LogP contribution in [0.1, 0.15) is 17.7 Å². The van der Waals surface area contributed by atoms with Crippen LogP contribution in [0.4, 0.5) is 0 Å². The molecule has 17 heavy (non-hydrogen) atoms. The Morgan fingerprint density at radius 2 is 2.06 bits per heavy atom. The molecule has 0 aliphatic carbocycles. The van der Waals surface area contributed by atoms with E-state index in [1.165, 1.54) is 22.2 Å². The van der Waals surface area contributed by atoms with Gasteiger partial charge in [0.05, 0.1) is 0 Å². The van der Waals surface area contributed by atoms with E-state index in [-0.39, 0.29) is 0 Å². The second-order valence-corrected chi connectivity index (χ2v) is 4.69. The van der Waals surface area contributed by atoms with Gasteiger partial charge in [-0.2, -0.15) is 0 Å². The molecule has 2 nitrogen and oxygen atoms in total. The Morgan fingerprint density at radius 1 is 1.24 bits per heavy atom. The first-order chi connectivity index (χ1) is 8.33. The lowest BCUT2D eigenvalue weighted by atomic mass is 10.1. The summed E-state index contributed by atoms with van der Waals surface area (Å²) in [4.78, 5) is 3.43. The summed E-state index contributed by atoms with van der Waals surface area (Å²) in [6.07, 6.45) is 2.10. The summed E-state index contributed by atoms with van der Waals surface area (Å²) in [6.45, 7) is 4.17. The molecular formula is C14H19ClN2. The second kappa shape index (κ2) is 6.08. The number of nitrogens with one attached hydrogen (secondary N) is 2. The summed E-state index contributed by atoms with van der Waals surface area (Å²) in [7, 11) is 0. The van der Waals surface area contributed by atoms with Crippen LogP contribution in [0.15, 0.2) is 24.3 Å². The third-order valence-electron chi connectivity index (χ3n) is 3.07. The van der Waals surface area contributed by atoms with Crippen LogP contribution in [-0.2, 0) is 6.42 Å². The Hall–Kier alpha value is -0.990. The summed E-state index contributed by atoms with van der Waals surface area (Å²) >= 11 is 5.64. The van der Waals surface area contributed by atoms with Crippen LogP contribution in [0.25, 0.3) is 10.9 Å². The number of halogens is 1. The largest absolute Gasteiger partial charge is 0.358 e. The average Bonchev–Trinajstić information content (AvgIpc) is 2.65. The van der Waals surface area contributed by atoms with E-state index in [4.69, 9.17) is 11.6 Å². The highest BCUT2D eigenvalue weighted by molar-refractivity contribution is 6.17. The topological polar surface area (TPSA) is 27.8 Å². The number of rotatable bonds is 6. The molecule has 0 amide bonds. The average molecular weight is 251 g/mol. The van der Waals surface area contributed by atoms with Crippen molar-refractivity contribution >= 4 is 22.5 Å². The van der Waals surface area contributed by atoms with Crippen LogP contribution in [-0.4, -0.2) is 24.0 Å². The van der Waals surface area contributed by atoms with E-state index in [1.807, 2.05) is 0 Å². The van der Waals surface area contributed by atoms with Crippen LogP contribution in [0.3, 0.4) is 0 Å². The Balaban J connectivity index is 2.00. The molecular weight excluding hydrogens is 232 g/mol. The smallest absolute Gasteiger partial charge is 0.0458 e. The van der Waals surface area contributed by atoms with E-state index < -0.39 is 0 Å². The monoisotopic (exact) mass is 250 g/mol. The van der Waals surface area contributed by atoms with Crippen molar-refractivity contribution in [3.63, 3.8) is 0 Å². The van der Waals surface area contributed by atoms with Gasteiger partial charge in [-0.05, 0) is 44.5 Å². The SMILES string of the molecule is Cc1[nH]c2ccccc2c1CCNCCCCl. The fraction of sp³-hybridized carbons (Fsp3) is 0.429. The molecule has 0 aliphatic heterocycles. The molecule has 1 aromatic carbocycles. The third-order valence-corrected chi connectivity index (χ3v) is 3.33. The zero-order chi connectivity index (χ0) is 12.1. The van der Waals surface area contributed by atoms with Gasteiger partial charge >= 0.3 is 0 Å². The Kier molecular flexibility index (Phi) is 4.46. The molecule has 0 unspecified atom stereocenters. The third kappa shape index (κ3) is 3.02. The molecule has 0 bridgehead atoms. The maximum absolute atomic E-state index is 5.64. The first-order valence-corrected chi connectivity index (χ1v) is 6.69. The van der Waals surface area contributed by atoms with Crippen LogP contribution in [0.2, 0.25) is 0 Å². The number of H-pyrrole nitrogens is 1. The number of aromatic amines is 1. The Morgan fingerprint density at radius 3 is 2.88 bits per heavy atom. The van der Waals surface area contributed by atoms with Crippen molar-refractivity contribution in [1.29, 1.82) is 0 Å². The molecule has 2 N–H and O–H groups in total. The summed E-state index contributed by atoms with van der Waals surface area (Å²) in [5.74, 6) is 0.735. The number of aromatic nitrogens is 1. The fourth-order valence-electron chi connectivity index (χ4n) is 2.19. The number of alkyl halides is 1. The van der Waals surface area contributed by atoms with Gasteiger partial charge in [-0.25, -0.2) is 0 Å². The lowest BCUT2D eigenvalue weighted by molar-refractivity contribution is 0.673. The lowest BCUT2D eigenvalue weighted by Gasteiger charge is -2.04. The minimum Gasteiger partial charge on any atom is -0.358 e. The van der Waals surface area contributed by atoms with E-state index in [1.54, 1.807) is 0 Å². The molecule has 1 aromatic heterocycles. The van der Waals surface area contributed by atoms with Crippen molar-refractivity contribution in [2.45, 2.75) is 19.8 Å². The van der Waals surface area contributed by atoms with Gasteiger partial charge in [-0.3, -0.25) is 0 Å². The van der Waals surface area contributed by atoms with Crippen LogP contribution in [0, 0.1) is 6.92 Å². The van der Waals surface area contributed by atoms with E-state index in [0.29, 0.717) is 0 Å². The van der Waals surface area contributed by atoms with Gasteiger partial charge in [-0.1, -0.05) is 18.2 Å². The minimum absolute atomic E-state index is 0.735. The number of fused-ring (bicyclic) bond motifs is 1. The van der Waals surface area contributed by atoms with Gasteiger partial charge in [0.1, 0.15) is 0 Å². The molecule has 0 saturated carbocycles. The van der Waals surface area contributed by atoms with Gasteiger partial charge < -0.3 is 10.3 Å². The van der Waals surface area contributed by atoms with Crippen LogP contribution < -0.4 is 5.32 Å². The number of benzene rings is 1. The van der Waals surface area contributed by atoms with Crippen molar-refractivity contribution in [3.05, 3.63) is 35.5 Å². The number of hydrogen-bond donors (Lipinski definition) is 2. The van der Waals surface area contributed by atoms with Crippen molar-refractivity contribution in [3.8, 4) is 0 Å². The second-order valence-electron chi connectivity index (χ2n) is 4.32. The van der Waals surface area contributed by atoms with Crippen molar-refractivity contribution in [1.82, 2.24) is 10.3 Å². The van der Waals surface area contributed by atoms with Crippen molar-refractivity contribution < 1.29 is 0 Å². The lowest BCUT2D eigenvalue weighted by Crippen LogP contribution is -2.18. The maximum atomic E-state index is 5.64. The highest BCUT2D eigenvalue weighted by Gasteiger charge is 2.06. The van der Waals surface area contributed by atoms with Crippen LogP contribution in [0.5, 0.6) is 0 Å². The number of hydrogen-bond acceptors (Lipinski definition) is 1. The summed E-state index contributed by atoms with van der Waals surface area (Å²) in [5, 5.41) is 4.77. The highest BCUT2D eigenvalue weighted by Crippen LogP contribution is 2.21. The number of para-hydroxylation sites is 1. The minimum atomic E-state index is 0.735. The van der Waals surface area contributed by atoms with Crippen molar-refractivity contribution in [2.75, 3.05) is 19.0 Å². The standard InChI is InChI=1S/C14H19ClN2/c1-11-12(7-10-16-9-4-8-15)13-5-2-3-6-14(13)17-11/h2-3,5-6,16-17H,4,7-10H2,1H3. The van der Waals surface area contributed by atoms with Gasteiger partial charge in [0.25, 0.3) is 0 Å². The molecule has 1 heterocycles. The maximum Gasteiger partial charge on any atom is 0.0458 e. The number of aryl methyl sites for hydroxylation is 1. The van der Waals surface area contributed by atoms with Gasteiger partial charge in [0.2, 0.25) is 0 Å². The molecule has 2 rings (SSSR count). The molecule has 0 aliphatic rings. The predicted molar refractivity (Wildman–Crippen MR) is 74.9 cm³/mol. The molecule has 2 aromatic rings. The van der Waals surface area contributed by atoms with Gasteiger partial charge in [-0.15, -0.1) is 11.6 Å². The zero-order valence-electron chi connectivity index (χ0n) is 10.2. The summed E-state index contributed by atoms with van der Waals surface area (Å²) < 4.78 is 0. The zero-order valence-corrected chi connectivity index (χ0v) is 11.0. The van der Waals surface area contributed by atoms with Gasteiger partial charge in [0, 0.05) is 22.5 Å². The quantitative estimate of drug-likeness (QED) is 0.598. The Labute approximate surface area is 107 Å². The highest BCUT2D eigenvalue weighted by atomic mass is 35.5. The van der Waals surface area contributed by atoms with Crippen molar-refractivity contribution in [2.24, 2.45) is 0 Å². The molecule has 0 atom stereocenters. The van der Waals surface area contributed by atoms with E-state index >= 15 is 0 Å². The molecule has 0 spiro atoms. The molecule has 0 saturated heterocycles. The fourth-order valence-corrected chi connectivity index (χ4v) is 2.32. The molecule has 3 heteroatoms. The predicted octanol–water partition coefficient (Wildman–Crippen LogP) is 3.24. The first kappa shape index (κ1) is 12.5. The van der Waals surface area contributed by atoms with E-state index in [0.717, 1.165) is 31.8 Å². The van der Waals surface area contributed by atoms with Gasteiger partial charge in [0.15, 0.2) is 0 Å². The Bertz CT molecular complexity index is 476. The molecule has 0 fully saturated rings. The van der Waals surface area contributed by atoms with Crippen LogP contribution >= 0.6 is 11.6 Å². The molecule has 0 radical (unpaired) electrons.